The van der Waals surface area contributed by atoms with Crippen molar-refractivity contribution in [1.82, 2.24) is 9.97 Å². The number of aryl methyl sites for hydroxylation is 1. The van der Waals surface area contributed by atoms with Gasteiger partial charge in [-0.1, -0.05) is 13.8 Å². The fraction of sp³-hybridized carbons (Fsp3) is 0.500. The number of nitrogens with zero attached hydrogens (tertiary/aromatic N) is 3. The third-order valence-electron chi connectivity index (χ3n) is 3.63. The third kappa shape index (κ3) is 5.93. The van der Waals surface area contributed by atoms with Crippen LogP contribution in [0, 0.1) is 6.92 Å². The number of rotatable bonds is 9. The predicted octanol–water partition coefficient (Wildman–Crippen LogP) is 4.94. The number of aromatic nitrogens is 2. The molecule has 0 radical (unpaired) electrons. The van der Waals surface area contributed by atoms with Gasteiger partial charge in [-0.15, -0.1) is 0 Å². The summed E-state index contributed by atoms with van der Waals surface area (Å²) in [5.41, 5.74) is 1.91. The van der Waals surface area contributed by atoms with Gasteiger partial charge in [0.1, 0.15) is 11.6 Å². The normalized spacial score (nSPS) is 10.8. The van der Waals surface area contributed by atoms with E-state index in [2.05, 4.69) is 35.1 Å². The summed E-state index contributed by atoms with van der Waals surface area (Å²) in [5.74, 6) is 2.48. The zero-order valence-corrected chi connectivity index (χ0v) is 16.0. The van der Waals surface area contributed by atoms with Crippen LogP contribution in [0.25, 0.3) is 0 Å². The molecule has 2 rings (SSSR count). The number of benzene rings is 1. The van der Waals surface area contributed by atoms with Crippen molar-refractivity contribution in [3.8, 4) is 5.75 Å². The zero-order chi connectivity index (χ0) is 18.2. The number of ether oxygens (including phenoxy) is 1. The first-order valence-electron chi connectivity index (χ1n) is 9.16. The number of nitrogens with one attached hydrogen (secondary N) is 1. The van der Waals surface area contributed by atoms with E-state index in [1.54, 1.807) is 0 Å². The van der Waals surface area contributed by atoms with Gasteiger partial charge in [0, 0.05) is 30.5 Å². The molecule has 0 atom stereocenters. The molecule has 0 unspecified atom stereocenters. The number of anilines is 3. The standard InChI is InChI=1S/C20H30N4O/c1-6-12-24(13-7-2)19-14-16(5)21-20(23-19)22-17-8-10-18(11-9-17)25-15(3)4/h8-11,14-15H,6-7,12-13H2,1-5H3,(H,21,22,23). The Bertz CT molecular complexity index is 649. The molecule has 136 valence electrons. The first-order valence-corrected chi connectivity index (χ1v) is 9.16. The maximum atomic E-state index is 5.68. The van der Waals surface area contributed by atoms with E-state index in [1.165, 1.54) is 0 Å². The van der Waals surface area contributed by atoms with Crippen molar-refractivity contribution < 1.29 is 4.74 Å². The Hall–Kier alpha value is -2.30. The van der Waals surface area contributed by atoms with Gasteiger partial charge in [0.15, 0.2) is 0 Å². The minimum Gasteiger partial charge on any atom is -0.491 e. The van der Waals surface area contributed by atoms with Crippen LogP contribution in [0.4, 0.5) is 17.5 Å². The van der Waals surface area contributed by atoms with Gasteiger partial charge in [-0.05, 0) is 57.9 Å². The Kier molecular flexibility index (Phi) is 7.04. The number of hydrogen-bond donors (Lipinski definition) is 1. The Labute approximate surface area is 151 Å². The second kappa shape index (κ2) is 9.25. The molecular weight excluding hydrogens is 312 g/mol. The van der Waals surface area contributed by atoms with E-state index in [4.69, 9.17) is 9.72 Å². The molecule has 1 aromatic heterocycles. The van der Waals surface area contributed by atoms with Gasteiger partial charge in [-0.25, -0.2) is 4.98 Å². The second-order valence-electron chi connectivity index (χ2n) is 6.49. The maximum Gasteiger partial charge on any atom is 0.229 e. The van der Waals surface area contributed by atoms with Crippen molar-refractivity contribution in [2.45, 2.75) is 53.6 Å². The van der Waals surface area contributed by atoms with Gasteiger partial charge < -0.3 is 15.0 Å². The Morgan fingerprint density at radius 1 is 1.04 bits per heavy atom. The number of hydrogen-bond acceptors (Lipinski definition) is 5. The van der Waals surface area contributed by atoms with E-state index in [9.17, 15) is 0 Å². The highest BCUT2D eigenvalue weighted by molar-refractivity contribution is 5.56. The average Bonchev–Trinajstić information content (AvgIpc) is 2.55. The van der Waals surface area contributed by atoms with Gasteiger partial charge in [0.2, 0.25) is 5.95 Å². The summed E-state index contributed by atoms with van der Waals surface area (Å²) in [7, 11) is 0. The Morgan fingerprint density at radius 3 is 2.24 bits per heavy atom. The summed E-state index contributed by atoms with van der Waals surface area (Å²) in [6.45, 7) is 12.4. The second-order valence-corrected chi connectivity index (χ2v) is 6.49. The van der Waals surface area contributed by atoms with Crippen LogP contribution in [-0.2, 0) is 0 Å². The highest BCUT2D eigenvalue weighted by atomic mass is 16.5. The van der Waals surface area contributed by atoms with Gasteiger partial charge in [0.05, 0.1) is 6.10 Å². The third-order valence-corrected chi connectivity index (χ3v) is 3.63. The molecule has 5 nitrogen and oxygen atoms in total. The minimum absolute atomic E-state index is 0.171. The fourth-order valence-corrected chi connectivity index (χ4v) is 2.67. The molecule has 25 heavy (non-hydrogen) atoms. The molecule has 0 saturated heterocycles. The Balaban J connectivity index is 2.16. The average molecular weight is 342 g/mol. The first kappa shape index (κ1) is 19.0. The monoisotopic (exact) mass is 342 g/mol. The van der Waals surface area contributed by atoms with E-state index in [-0.39, 0.29) is 6.10 Å². The summed E-state index contributed by atoms with van der Waals surface area (Å²) < 4.78 is 5.68. The minimum atomic E-state index is 0.171. The molecule has 0 aliphatic heterocycles. The van der Waals surface area contributed by atoms with Crippen LogP contribution in [0.1, 0.15) is 46.2 Å². The van der Waals surface area contributed by atoms with Crippen molar-refractivity contribution >= 4 is 17.5 Å². The molecule has 1 aromatic carbocycles. The van der Waals surface area contributed by atoms with E-state index >= 15 is 0 Å². The van der Waals surface area contributed by atoms with Crippen LogP contribution in [0.5, 0.6) is 5.75 Å². The summed E-state index contributed by atoms with van der Waals surface area (Å²) in [6.07, 6.45) is 2.37. The first-order chi connectivity index (χ1) is 12.0. The molecule has 5 heteroatoms. The lowest BCUT2D eigenvalue weighted by atomic mass is 10.3. The zero-order valence-electron chi connectivity index (χ0n) is 16.0. The van der Waals surface area contributed by atoms with Gasteiger partial charge in [-0.2, -0.15) is 4.98 Å². The highest BCUT2D eigenvalue weighted by Gasteiger charge is 2.10. The van der Waals surface area contributed by atoms with E-state index in [0.717, 1.165) is 48.9 Å². The summed E-state index contributed by atoms with van der Waals surface area (Å²) in [4.78, 5) is 11.6. The predicted molar refractivity (Wildman–Crippen MR) is 105 cm³/mol. The molecule has 0 saturated carbocycles. The van der Waals surface area contributed by atoms with Crippen LogP contribution >= 0.6 is 0 Å². The molecule has 0 fully saturated rings. The fourth-order valence-electron chi connectivity index (χ4n) is 2.67. The lowest BCUT2D eigenvalue weighted by molar-refractivity contribution is 0.242. The van der Waals surface area contributed by atoms with Crippen LogP contribution in [0.3, 0.4) is 0 Å². The molecule has 0 spiro atoms. The highest BCUT2D eigenvalue weighted by Crippen LogP contribution is 2.21. The largest absolute Gasteiger partial charge is 0.491 e. The molecule has 1 heterocycles. The lowest BCUT2D eigenvalue weighted by Crippen LogP contribution is -2.26. The van der Waals surface area contributed by atoms with Crippen LogP contribution in [-0.4, -0.2) is 29.2 Å². The van der Waals surface area contributed by atoms with E-state index in [0.29, 0.717) is 5.95 Å². The van der Waals surface area contributed by atoms with Gasteiger partial charge in [-0.3, -0.25) is 0 Å². The van der Waals surface area contributed by atoms with Crippen molar-refractivity contribution in [2.24, 2.45) is 0 Å². The van der Waals surface area contributed by atoms with E-state index in [1.807, 2.05) is 45.0 Å². The van der Waals surface area contributed by atoms with Gasteiger partial charge >= 0.3 is 0 Å². The summed E-state index contributed by atoms with van der Waals surface area (Å²) >= 11 is 0. The lowest BCUT2D eigenvalue weighted by Gasteiger charge is -2.23. The van der Waals surface area contributed by atoms with Crippen molar-refractivity contribution in [3.05, 3.63) is 36.0 Å². The van der Waals surface area contributed by atoms with Crippen LogP contribution in [0.2, 0.25) is 0 Å². The molecule has 2 aromatic rings. The molecule has 0 amide bonds. The van der Waals surface area contributed by atoms with Crippen LogP contribution < -0.4 is 15.0 Å². The molecule has 1 N–H and O–H groups in total. The molecular formula is C20H30N4O. The van der Waals surface area contributed by atoms with Gasteiger partial charge in [0.25, 0.3) is 0 Å². The maximum absolute atomic E-state index is 5.68. The van der Waals surface area contributed by atoms with Crippen molar-refractivity contribution in [3.63, 3.8) is 0 Å². The molecule has 0 bridgehead atoms. The molecule has 0 aliphatic rings. The van der Waals surface area contributed by atoms with Crippen molar-refractivity contribution in [1.29, 1.82) is 0 Å². The topological polar surface area (TPSA) is 50.3 Å². The smallest absolute Gasteiger partial charge is 0.229 e. The van der Waals surface area contributed by atoms with E-state index < -0.39 is 0 Å². The summed E-state index contributed by atoms with van der Waals surface area (Å²) in [6, 6.07) is 9.94. The quantitative estimate of drug-likeness (QED) is 0.699. The summed E-state index contributed by atoms with van der Waals surface area (Å²) in [5, 5.41) is 3.30. The Morgan fingerprint density at radius 2 is 1.68 bits per heavy atom. The van der Waals surface area contributed by atoms with Crippen LogP contribution in [0.15, 0.2) is 30.3 Å². The SMILES string of the molecule is CCCN(CCC)c1cc(C)nc(Nc2ccc(OC(C)C)cc2)n1. The molecule has 0 aliphatic carbocycles. The van der Waals surface area contributed by atoms with Crippen molar-refractivity contribution in [2.75, 3.05) is 23.3 Å².